The zero-order chi connectivity index (χ0) is 7.56. The van der Waals surface area contributed by atoms with Gasteiger partial charge in [0.15, 0.2) is 0 Å². The van der Waals surface area contributed by atoms with Gasteiger partial charge in [0.2, 0.25) is 0 Å². The predicted octanol–water partition coefficient (Wildman–Crippen LogP) is 0.487. The van der Waals surface area contributed by atoms with Crippen molar-refractivity contribution in [3.8, 4) is 0 Å². The van der Waals surface area contributed by atoms with Crippen LogP contribution in [0.5, 0.6) is 0 Å². The van der Waals surface area contributed by atoms with Crippen molar-refractivity contribution in [2.75, 3.05) is 0 Å². The fraction of sp³-hybridized carbons (Fsp3) is 0.167. The monoisotopic (exact) mass is 158 g/mol. The predicted molar refractivity (Wildman–Crippen MR) is 40.0 cm³/mol. The Morgan fingerprint density at radius 3 is 2.90 bits per heavy atom. The van der Waals surface area contributed by atoms with Gasteiger partial charge in [0.1, 0.15) is 0 Å². The van der Waals surface area contributed by atoms with E-state index in [0.29, 0.717) is 10.6 Å². The highest BCUT2D eigenvalue weighted by atomic mass is 35.5. The molecule has 0 radical (unpaired) electrons. The third-order valence-corrected chi connectivity index (χ3v) is 1.38. The average Bonchev–Trinajstić information content (AvgIpc) is 1.94. The quantitative estimate of drug-likeness (QED) is 0.625. The molecule has 0 aliphatic rings. The molecule has 10 heavy (non-hydrogen) atoms. The number of H-pyrrole nitrogens is 1. The van der Waals surface area contributed by atoms with Crippen molar-refractivity contribution in [2.24, 2.45) is 5.73 Å². The van der Waals surface area contributed by atoms with Crippen LogP contribution in [0.3, 0.4) is 0 Å². The Bertz CT molecular complexity index is 281. The van der Waals surface area contributed by atoms with Crippen LogP contribution in [0.4, 0.5) is 0 Å². The summed E-state index contributed by atoms with van der Waals surface area (Å²) in [6.45, 7) is 0.218. The summed E-state index contributed by atoms with van der Waals surface area (Å²) in [4.78, 5) is 13.3. The summed E-state index contributed by atoms with van der Waals surface area (Å²) >= 11 is 5.57. The maximum Gasteiger partial charge on any atom is 0.252 e. The molecule has 0 aliphatic heterocycles. The molecule has 0 saturated heterocycles. The fourth-order valence-electron chi connectivity index (χ4n) is 0.652. The van der Waals surface area contributed by atoms with Gasteiger partial charge >= 0.3 is 0 Å². The van der Waals surface area contributed by atoms with Crippen molar-refractivity contribution in [1.29, 1.82) is 0 Å². The molecule has 0 spiro atoms. The lowest BCUT2D eigenvalue weighted by Crippen LogP contribution is -2.14. The van der Waals surface area contributed by atoms with Gasteiger partial charge < -0.3 is 10.7 Å². The molecule has 1 aromatic heterocycles. The zero-order valence-electron chi connectivity index (χ0n) is 5.23. The second-order valence-corrected chi connectivity index (χ2v) is 2.31. The van der Waals surface area contributed by atoms with Gasteiger partial charge in [-0.1, -0.05) is 11.6 Å². The summed E-state index contributed by atoms with van der Waals surface area (Å²) in [5, 5.41) is 0.500. The fourth-order valence-corrected chi connectivity index (χ4v) is 0.839. The van der Waals surface area contributed by atoms with E-state index in [1.54, 1.807) is 6.07 Å². The minimum absolute atomic E-state index is 0.174. The van der Waals surface area contributed by atoms with Crippen LogP contribution >= 0.6 is 11.6 Å². The zero-order valence-corrected chi connectivity index (χ0v) is 5.98. The van der Waals surface area contributed by atoms with Crippen LogP contribution in [0, 0.1) is 0 Å². The topological polar surface area (TPSA) is 58.9 Å². The number of hydrogen-bond acceptors (Lipinski definition) is 2. The van der Waals surface area contributed by atoms with Gasteiger partial charge in [-0.2, -0.15) is 0 Å². The Kier molecular flexibility index (Phi) is 2.09. The lowest BCUT2D eigenvalue weighted by molar-refractivity contribution is 1.02. The van der Waals surface area contributed by atoms with E-state index in [0.717, 1.165) is 0 Å². The van der Waals surface area contributed by atoms with E-state index in [1.165, 1.54) is 6.20 Å². The second-order valence-electron chi connectivity index (χ2n) is 1.88. The first-order valence-electron chi connectivity index (χ1n) is 2.81. The number of pyridine rings is 1. The van der Waals surface area contributed by atoms with Gasteiger partial charge in [-0.15, -0.1) is 0 Å². The minimum atomic E-state index is -0.174. The van der Waals surface area contributed by atoms with Crippen molar-refractivity contribution < 1.29 is 0 Å². The number of rotatable bonds is 1. The number of aromatic nitrogens is 1. The highest BCUT2D eigenvalue weighted by Gasteiger charge is 1.95. The lowest BCUT2D eigenvalue weighted by Gasteiger charge is -1.93. The first-order chi connectivity index (χ1) is 4.74. The van der Waals surface area contributed by atoms with Gasteiger partial charge in [0.25, 0.3) is 5.56 Å². The van der Waals surface area contributed by atoms with E-state index in [2.05, 4.69) is 4.98 Å². The molecule has 0 amide bonds. The van der Waals surface area contributed by atoms with E-state index in [-0.39, 0.29) is 12.1 Å². The Labute approximate surface area is 62.8 Å². The molecule has 0 unspecified atom stereocenters. The van der Waals surface area contributed by atoms with Crippen LogP contribution in [0.25, 0.3) is 0 Å². The maximum atomic E-state index is 10.8. The van der Waals surface area contributed by atoms with Crippen LogP contribution in [-0.2, 0) is 6.54 Å². The Hall–Kier alpha value is -0.800. The standard InChI is InChI=1S/C6H7ClN2O/c7-5-1-4(2-8)6(10)9-3-5/h1,3H,2,8H2,(H,9,10). The molecule has 0 aromatic carbocycles. The third-order valence-electron chi connectivity index (χ3n) is 1.16. The molecule has 0 atom stereocenters. The van der Waals surface area contributed by atoms with Gasteiger partial charge in [0.05, 0.1) is 5.02 Å². The summed E-state index contributed by atoms with van der Waals surface area (Å²) in [5.41, 5.74) is 5.57. The Balaban J connectivity index is 3.22. The normalized spacial score (nSPS) is 9.80. The summed E-state index contributed by atoms with van der Waals surface area (Å²) < 4.78 is 0. The van der Waals surface area contributed by atoms with Crippen molar-refractivity contribution in [2.45, 2.75) is 6.54 Å². The van der Waals surface area contributed by atoms with Crippen molar-refractivity contribution in [1.82, 2.24) is 4.98 Å². The second kappa shape index (κ2) is 2.86. The highest BCUT2D eigenvalue weighted by molar-refractivity contribution is 6.30. The highest BCUT2D eigenvalue weighted by Crippen LogP contribution is 2.03. The molecule has 0 bridgehead atoms. The first-order valence-corrected chi connectivity index (χ1v) is 3.19. The minimum Gasteiger partial charge on any atom is -0.327 e. The lowest BCUT2D eigenvalue weighted by atomic mass is 10.3. The molecule has 0 fully saturated rings. The number of halogens is 1. The molecule has 1 heterocycles. The van der Waals surface area contributed by atoms with Crippen molar-refractivity contribution in [3.05, 3.63) is 33.2 Å². The van der Waals surface area contributed by atoms with E-state index < -0.39 is 0 Å². The third kappa shape index (κ3) is 1.37. The molecule has 1 aromatic rings. The summed E-state index contributed by atoms with van der Waals surface area (Å²) in [6.07, 6.45) is 1.43. The van der Waals surface area contributed by atoms with Crippen LogP contribution in [-0.4, -0.2) is 4.98 Å². The van der Waals surface area contributed by atoms with E-state index in [4.69, 9.17) is 17.3 Å². The molecule has 1 rings (SSSR count). The molecule has 3 N–H and O–H groups in total. The Morgan fingerprint density at radius 2 is 2.40 bits per heavy atom. The summed E-state index contributed by atoms with van der Waals surface area (Å²) in [7, 11) is 0. The number of hydrogen-bond donors (Lipinski definition) is 2. The van der Waals surface area contributed by atoms with E-state index in [1.807, 2.05) is 0 Å². The number of nitrogens with two attached hydrogens (primary N) is 1. The Morgan fingerprint density at radius 1 is 1.70 bits per heavy atom. The molecule has 4 heteroatoms. The largest absolute Gasteiger partial charge is 0.327 e. The molecule has 3 nitrogen and oxygen atoms in total. The van der Waals surface area contributed by atoms with Crippen LogP contribution in [0.15, 0.2) is 17.1 Å². The molecular formula is C6H7ClN2O. The first kappa shape index (κ1) is 7.31. The van der Waals surface area contributed by atoms with Crippen LogP contribution in [0.1, 0.15) is 5.56 Å². The van der Waals surface area contributed by atoms with Gasteiger partial charge in [-0.05, 0) is 6.07 Å². The molecular weight excluding hydrogens is 152 g/mol. The smallest absolute Gasteiger partial charge is 0.252 e. The van der Waals surface area contributed by atoms with Gasteiger partial charge in [-0.25, -0.2) is 0 Å². The summed E-state index contributed by atoms with van der Waals surface area (Å²) in [6, 6.07) is 1.56. The number of nitrogens with one attached hydrogen (secondary N) is 1. The van der Waals surface area contributed by atoms with Gasteiger partial charge in [-0.3, -0.25) is 4.79 Å². The maximum absolute atomic E-state index is 10.8. The average molecular weight is 159 g/mol. The summed E-state index contributed by atoms with van der Waals surface area (Å²) in [5.74, 6) is 0. The van der Waals surface area contributed by atoms with Gasteiger partial charge in [0, 0.05) is 18.3 Å². The van der Waals surface area contributed by atoms with Crippen LogP contribution in [0.2, 0.25) is 5.02 Å². The number of aromatic amines is 1. The molecule has 0 saturated carbocycles. The van der Waals surface area contributed by atoms with Crippen molar-refractivity contribution >= 4 is 11.6 Å². The molecule has 54 valence electrons. The molecule has 0 aliphatic carbocycles. The SMILES string of the molecule is NCc1cc(Cl)c[nH]c1=O. The van der Waals surface area contributed by atoms with E-state index in [9.17, 15) is 4.79 Å². The van der Waals surface area contributed by atoms with E-state index >= 15 is 0 Å². The van der Waals surface area contributed by atoms with Crippen molar-refractivity contribution in [3.63, 3.8) is 0 Å². The van der Waals surface area contributed by atoms with Crippen LogP contribution < -0.4 is 11.3 Å².